The molecule has 0 bridgehead atoms. The Morgan fingerprint density at radius 1 is 0.967 bits per heavy atom. The lowest BCUT2D eigenvalue weighted by Crippen LogP contribution is -2.46. The summed E-state index contributed by atoms with van der Waals surface area (Å²) >= 11 is 0. The van der Waals surface area contributed by atoms with Crippen molar-refractivity contribution in [2.45, 2.75) is 37.8 Å². The predicted octanol–water partition coefficient (Wildman–Crippen LogP) is 3.28. The van der Waals surface area contributed by atoms with Crippen LogP contribution < -0.4 is 5.32 Å². The maximum absolute atomic E-state index is 14.7. The molecule has 0 unspecified atom stereocenters. The molecule has 3 heterocycles. The van der Waals surface area contributed by atoms with Gasteiger partial charge in [0.25, 0.3) is 0 Å². The van der Waals surface area contributed by atoms with Gasteiger partial charge in [-0.05, 0) is 31.7 Å². The van der Waals surface area contributed by atoms with E-state index in [0.29, 0.717) is 28.7 Å². The third-order valence-corrected chi connectivity index (χ3v) is 6.20. The van der Waals surface area contributed by atoms with E-state index in [2.05, 4.69) is 30.2 Å². The molecule has 0 spiro atoms. The van der Waals surface area contributed by atoms with Crippen molar-refractivity contribution in [1.82, 2.24) is 24.8 Å². The normalized spacial score (nSPS) is 22.8. The topological polar surface area (TPSA) is 76.1 Å². The van der Waals surface area contributed by atoms with Gasteiger partial charge in [0.1, 0.15) is 24.3 Å². The Kier molecular flexibility index (Phi) is 5.50. The van der Waals surface area contributed by atoms with Crippen LogP contribution in [-0.2, 0) is 4.74 Å². The second-order valence-corrected chi connectivity index (χ2v) is 8.00. The van der Waals surface area contributed by atoms with Gasteiger partial charge in [-0.2, -0.15) is 0 Å². The van der Waals surface area contributed by atoms with Gasteiger partial charge in [0.15, 0.2) is 0 Å². The summed E-state index contributed by atoms with van der Waals surface area (Å²) < 4.78 is 20.1. The molecule has 0 radical (unpaired) electrons. The Hall–Kier alpha value is -2.71. The van der Waals surface area contributed by atoms with Crippen LogP contribution in [0.1, 0.15) is 25.7 Å². The zero-order chi connectivity index (χ0) is 20.3. The lowest BCUT2D eigenvalue weighted by Gasteiger charge is -2.39. The van der Waals surface area contributed by atoms with Crippen LogP contribution in [0.3, 0.4) is 0 Å². The highest BCUT2D eigenvalue weighted by atomic mass is 19.1. The summed E-state index contributed by atoms with van der Waals surface area (Å²) in [6, 6.07) is 4.26. The van der Waals surface area contributed by atoms with Gasteiger partial charge in [-0.25, -0.2) is 24.3 Å². The zero-order valence-electron chi connectivity index (χ0n) is 16.8. The van der Waals surface area contributed by atoms with Crippen molar-refractivity contribution in [3.8, 4) is 11.1 Å². The Bertz CT molecular complexity index is 1000. The second kappa shape index (κ2) is 8.57. The van der Waals surface area contributed by atoms with Crippen molar-refractivity contribution in [2.24, 2.45) is 0 Å². The van der Waals surface area contributed by atoms with E-state index in [1.54, 1.807) is 18.5 Å². The van der Waals surface area contributed by atoms with Gasteiger partial charge >= 0.3 is 0 Å². The SMILES string of the molecule is Fc1cc2ncnc(NC3CCC(N4CCOCC4)CC3)c2cc1-c1cncnc1. The molecule has 2 aliphatic rings. The fourth-order valence-electron chi connectivity index (χ4n) is 4.57. The molecule has 1 aromatic carbocycles. The number of nitrogens with zero attached hydrogens (tertiary/aromatic N) is 5. The van der Waals surface area contributed by atoms with Gasteiger partial charge in [-0.3, -0.25) is 4.90 Å². The minimum absolute atomic E-state index is 0.340. The molecule has 8 heteroatoms. The molecule has 5 rings (SSSR count). The van der Waals surface area contributed by atoms with Gasteiger partial charge in [0.05, 0.1) is 18.7 Å². The number of hydrogen-bond acceptors (Lipinski definition) is 7. The first-order valence-corrected chi connectivity index (χ1v) is 10.6. The van der Waals surface area contributed by atoms with E-state index in [4.69, 9.17) is 4.74 Å². The third kappa shape index (κ3) is 3.97. The highest BCUT2D eigenvalue weighted by Gasteiger charge is 2.27. The van der Waals surface area contributed by atoms with Crippen molar-refractivity contribution in [3.05, 3.63) is 43.0 Å². The van der Waals surface area contributed by atoms with Gasteiger partial charge in [0, 0.05) is 60.1 Å². The Labute approximate surface area is 174 Å². The van der Waals surface area contributed by atoms with Crippen LogP contribution >= 0.6 is 0 Å². The summed E-state index contributed by atoms with van der Waals surface area (Å²) in [6.07, 6.45) is 10.7. The van der Waals surface area contributed by atoms with Crippen LogP contribution in [0.4, 0.5) is 10.2 Å². The van der Waals surface area contributed by atoms with E-state index in [0.717, 1.165) is 50.3 Å². The minimum atomic E-state index is -0.340. The molecule has 2 fully saturated rings. The molecule has 0 amide bonds. The fraction of sp³-hybridized carbons (Fsp3) is 0.455. The highest BCUT2D eigenvalue weighted by Crippen LogP contribution is 2.31. The van der Waals surface area contributed by atoms with E-state index in [1.165, 1.54) is 31.6 Å². The first-order valence-electron chi connectivity index (χ1n) is 10.6. The third-order valence-electron chi connectivity index (χ3n) is 6.20. The number of benzene rings is 1. The molecule has 0 atom stereocenters. The van der Waals surface area contributed by atoms with Gasteiger partial charge in [-0.15, -0.1) is 0 Å². The predicted molar refractivity (Wildman–Crippen MR) is 113 cm³/mol. The smallest absolute Gasteiger partial charge is 0.137 e. The number of hydrogen-bond donors (Lipinski definition) is 1. The number of anilines is 1. The van der Waals surface area contributed by atoms with Crippen LogP contribution in [0.2, 0.25) is 0 Å². The molecule has 1 saturated heterocycles. The van der Waals surface area contributed by atoms with Crippen LogP contribution in [-0.4, -0.2) is 63.2 Å². The molecular formula is C22H25FN6O. The van der Waals surface area contributed by atoms with Crippen LogP contribution in [0.5, 0.6) is 0 Å². The van der Waals surface area contributed by atoms with Crippen LogP contribution in [0.15, 0.2) is 37.2 Å². The molecule has 1 saturated carbocycles. The van der Waals surface area contributed by atoms with E-state index in [9.17, 15) is 4.39 Å². The standard InChI is InChI=1S/C22H25FN6O/c23-20-10-21-19(9-18(20)15-11-24-13-25-12-15)22(27-14-26-21)28-16-1-3-17(4-2-16)29-5-7-30-8-6-29/h9-14,16-17H,1-8H2,(H,26,27,28). The lowest BCUT2D eigenvalue weighted by molar-refractivity contribution is 0.00791. The summed E-state index contributed by atoms with van der Waals surface area (Å²) in [5.74, 6) is 0.417. The number of ether oxygens (including phenoxy) is 1. The van der Waals surface area contributed by atoms with E-state index in [1.807, 2.05) is 0 Å². The van der Waals surface area contributed by atoms with Crippen LogP contribution in [0, 0.1) is 5.82 Å². The van der Waals surface area contributed by atoms with E-state index >= 15 is 0 Å². The molecule has 3 aromatic rings. The van der Waals surface area contributed by atoms with E-state index in [-0.39, 0.29) is 5.82 Å². The molecule has 7 nitrogen and oxygen atoms in total. The Balaban J connectivity index is 1.35. The maximum Gasteiger partial charge on any atom is 0.137 e. The number of halogens is 1. The minimum Gasteiger partial charge on any atom is -0.379 e. The van der Waals surface area contributed by atoms with Gasteiger partial charge < -0.3 is 10.1 Å². The van der Waals surface area contributed by atoms with Crippen molar-refractivity contribution in [1.29, 1.82) is 0 Å². The zero-order valence-corrected chi connectivity index (χ0v) is 16.8. The average molecular weight is 408 g/mol. The van der Waals surface area contributed by atoms with Crippen molar-refractivity contribution >= 4 is 16.7 Å². The molecule has 1 N–H and O–H groups in total. The fourth-order valence-corrected chi connectivity index (χ4v) is 4.57. The second-order valence-electron chi connectivity index (χ2n) is 8.00. The molecule has 2 aromatic heterocycles. The molecule has 30 heavy (non-hydrogen) atoms. The molecular weight excluding hydrogens is 383 g/mol. The lowest BCUT2D eigenvalue weighted by atomic mass is 9.90. The van der Waals surface area contributed by atoms with Crippen molar-refractivity contribution in [3.63, 3.8) is 0 Å². The Morgan fingerprint density at radius 3 is 2.50 bits per heavy atom. The van der Waals surface area contributed by atoms with Gasteiger partial charge in [-0.1, -0.05) is 0 Å². The molecule has 156 valence electrons. The summed E-state index contributed by atoms with van der Waals surface area (Å²) in [5, 5.41) is 4.41. The molecule has 1 aliphatic carbocycles. The molecule has 1 aliphatic heterocycles. The average Bonchev–Trinajstić information content (AvgIpc) is 2.80. The number of nitrogens with one attached hydrogen (secondary N) is 1. The number of morpholine rings is 1. The summed E-state index contributed by atoms with van der Waals surface area (Å²) in [4.78, 5) is 19.3. The highest BCUT2D eigenvalue weighted by molar-refractivity contribution is 5.92. The quantitative estimate of drug-likeness (QED) is 0.710. The van der Waals surface area contributed by atoms with Crippen molar-refractivity contribution < 1.29 is 9.13 Å². The van der Waals surface area contributed by atoms with E-state index < -0.39 is 0 Å². The number of rotatable bonds is 4. The van der Waals surface area contributed by atoms with Crippen LogP contribution in [0.25, 0.3) is 22.0 Å². The summed E-state index contributed by atoms with van der Waals surface area (Å²) in [5.41, 5.74) is 1.68. The Morgan fingerprint density at radius 2 is 1.73 bits per heavy atom. The summed E-state index contributed by atoms with van der Waals surface area (Å²) in [7, 11) is 0. The number of aromatic nitrogens is 4. The monoisotopic (exact) mass is 408 g/mol. The largest absolute Gasteiger partial charge is 0.379 e. The summed E-state index contributed by atoms with van der Waals surface area (Å²) in [6.45, 7) is 3.76. The van der Waals surface area contributed by atoms with Crippen molar-refractivity contribution in [2.75, 3.05) is 31.6 Å². The van der Waals surface area contributed by atoms with Gasteiger partial charge in [0.2, 0.25) is 0 Å². The first kappa shape index (κ1) is 19.3. The number of fused-ring (bicyclic) bond motifs is 1. The first-order chi connectivity index (χ1) is 14.8. The maximum atomic E-state index is 14.7.